The van der Waals surface area contributed by atoms with E-state index in [9.17, 15) is 4.79 Å². The molecular formula is C23H30N8O. The van der Waals surface area contributed by atoms with Crippen LogP contribution in [0.2, 0.25) is 0 Å². The lowest BCUT2D eigenvalue weighted by molar-refractivity contribution is -0.139. The van der Waals surface area contributed by atoms with Gasteiger partial charge in [-0.25, -0.2) is 4.98 Å². The van der Waals surface area contributed by atoms with Gasteiger partial charge < -0.3 is 20.9 Å². The number of rotatable bonds is 6. The summed E-state index contributed by atoms with van der Waals surface area (Å²) in [5.74, 6) is 2.27. The molecule has 2 aliphatic heterocycles. The largest absolute Gasteiger partial charge is 0.351 e. The Morgan fingerprint density at radius 3 is 2.69 bits per heavy atom. The van der Waals surface area contributed by atoms with Crippen LogP contribution in [-0.2, 0) is 4.79 Å². The minimum Gasteiger partial charge on any atom is -0.351 e. The number of para-hydroxylation sites is 1. The van der Waals surface area contributed by atoms with E-state index in [-0.39, 0.29) is 24.0 Å². The molecule has 2 fully saturated rings. The van der Waals surface area contributed by atoms with Crippen molar-refractivity contribution in [3.05, 3.63) is 36.0 Å². The molecule has 4 N–H and O–H groups in total. The quantitative estimate of drug-likeness (QED) is 0.472. The highest BCUT2D eigenvalue weighted by Gasteiger charge is 2.40. The summed E-state index contributed by atoms with van der Waals surface area (Å²) in [7, 11) is 1.83. The lowest BCUT2D eigenvalue weighted by Crippen LogP contribution is -2.58. The predicted molar refractivity (Wildman–Crippen MR) is 125 cm³/mol. The number of piperidine rings is 2. The van der Waals surface area contributed by atoms with Crippen LogP contribution in [0, 0.1) is 6.92 Å². The lowest BCUT2D eigenvalue weighted by atomic mass is 9.81. The van der Waals surface area contributed by atoms with Crippen molar-refractivity contribution in [3.63, 3.8) is 0 Å². The zero-order chi connectivity index (χ0) is 22.1. The third-order valence-corrected chi connectivity index (χ3v) is 6.48. The molecule has 4 heterocycles. The summed E-state index contributed by atoms with van der Waals surface area (Å²) < 4.78 is 0. The van der Waals surface area contributed by atoms with Crippen molar-refractivity contribution in [1.82, 2.24) is 30.4 Å². The summed E-state index contributed by atoms with van der Waals surface area (Å²) in [4.78, 5) is 24.3. The number of anilines is 3. The summed E-state index contributed by atoms with van der Waals surface area (Å²) in [6.07, 6.45) is 5.16. The Bertz CT molecular complexity index is 1100. The zero-order valence-electron chi connectivity index (χ0n) is 18.6. The van der Waals surface area contributed by atoms with E-state index in [2.05, 4.69) is 31.0 Å². The van der Waals surface area contributed by atoms with Gasteiger partial charge in [-0.2, -0.15) is 10.1 Å². The number of nitrogens with zero attached hydrogens (tertiary/aromatic N) is 4. The van der Waals surface area contributed by atoms with E-state index in [1.54, 1.807) is 0 Å². The fraction of sp³-hybridized carbons (Fsp3) is 0.478. The van der Waals surface area contributed by atoms with Gasteiger partial charge in [-0.1, -0.05) is 12.1 Å². The van der Waals surface area contributed by atoms with Crippen LogP contribution >= 0.6 is 0 Å². The SMILES string of the molecule is CNCC(=O)N1[C@@H]2CCC[C@H]1CC(Nc1nc(Nc3cc(C)[nH]n3)c3ccccc3n1)C2. The van der Waals surface area contributed by atoms with Crippen LogP contribution in [0.15, 0.2) is 30.3 Å². The second-order valence-electron chi connectivity index (χ2n) is 8.86. The molecule has 0 radical (unpaired) electrons. The van der Waals surface area contributed by atoms with Gasteiger partial charge in [0.25, 0.3) is 0 Å². The van der Waals surface area contributed by atoms with Gasteiger partial charge in [-0.3, -0.25) is 9.89 Å². The van der Waals surface area contributed by atoms with Gasteiger partial charge in [0.2, 0.25) is 11.9 Å². The first-order valence-electron chi connectivity index (χ1n) is 11.4. The maximum atomic E-state index is 12.6. The van der Waals surface area contributed by atoms with Crippen molar-refractivity contribution in [2.24, 2.45) is 0 Å². The Morgan fingerprint density at radius 1 is 1.19 bits per heavy atom. The Balaban J connectivity index is 1.38. The molecule has 2 saturated heterocycles. The molecule has 2 bridgehead atoms. The number of nitrogens with one attached hydrogen (secondary N) is 4. The van der Waals surface area contributed by atoms with Crippen molar-refractivity contribution in [2.75, 3.05) is 24.2 Å². The average Bonchev–Trinajstić information content (AvgIpc) is 3.18. The average molecular weight is 435 g/mol. The maximum absolute atomic E-state index is 12.6. The normalized spacial score (nSPS) is 22.7. The highest BCUT2D eigenvalue weighted by Crippen LogP contribution is 2.35. The number of hydrogen-bond donors (Lipinski definition) is 4. The van der Waals surface area contributed by atoms with Gasteiger partial charge >= 0.3 is 0 Å². The second kappa shape index (κ2) is 8.74. The number of hydrogen-bond acceptors (Lipinski definition) is 7. The van der Waals surface area contributed by atoms with Crippen molar-refractivity contribution in [1.29, 1.82) is 0 Å². The van der Waals surface area contributed by atoms with Crippen LogP contribution in [0.4, 0.5) is 17.6 Å². The zero-order valence-corrected chi connectivity index (χ0v) is 18.6. The number of amides is 1. The van der Waals surface area contributed by atoms with Crippen molar-refractivity contribution in [3.8, 4) is 0 Å². The highest BCUT2D eigenvalue weighted by molar-refractivity contribution is 5.91. The fourth-order valence-corrected chi connectivity index (χ4v) is 5.17. The first-order chi connectivity index (χ1) is 15.6. The standard InChI is InChI=1S/C23H30N8O/c1-14-10-20(30-29-14)27-22-18-8-3-4-9-19(18)26-23(28-22)25-15-11-16-6-5-7-17(12-15)31(16)21(32)13-24-2/h3-4,8-10,15-17,24H,5-7,11-13H2,1-2H3,(H3,25,26,27,28,29,30)/t15?,16-,17+. The van der Waals surface area contributed by atoms with Crippen LogP contribution in [0.5, 0.6) is 0 Å². The number of likely N-dealkylation sites (N-methyl/N-ethyl adjacent to an activating group) is 1. The van der Waals surface area contributed by atoms with Crippen molar-refractivity contribution < 1.29 is 4.79 Å². The van der Waals surface area contributed by atoms with Gasteiger partial charge in [0.1, 0.15) is 5.82 Å². The Labute approximate surface area is 187 Å². The fourth-order valence-electron chi connectivity index (χ4n) is 5.17. The van der Waals surface area contributed by atoms with Crippen molar-refractivity contribution in [2.45, 2.75) is 57.2 Å². The number of fused-ring (bicyclic) bond motifs is 3. The van der Waals surface area contributed by atoms with Gasteiger partial charge in [-0.15, -0.1) is 0 Å². The first-order valence-corrected chi connectivity index (χ1v) is 11.4. The number of aromatic amines is 1. The summed E-state index contributed by atoms with van der Waals surface area (Å²) in [5, 5.41) is 18.1. The van der Waals surface area contributed by atoms with E-state index in [0.717, 1.165) is 53.9 Å². The molecule has 2 aliphatic rings. The first kappa shape index (κ1) is 20.7. The van der Waals surface area contributed by atoms with Gasteiger partial charge in [0.15, 0.2) is 5.82 Å². The van der Waals surface area contributed by atoms with Crippen LogP contribution in [-0.4, -0.2) is 62.7 Å². The van der Waals surface area contributed by atoms with Crippen LogP contribution in [0.1, 0.15) is 37.8 Å². The molecule has 32 heavy (non-hydrogen) atoms. The minimum atomic E-state index is 0.211. The van der Waals surface area contributed by atoms with Crippen LogP contribution in [0.25, 0.3) is 10.9 Å². The molecule has 9 heteroatoms. The molecule has 168 valence electrons. The van der Waals surface area contributed by atoms with Gasteiger partial charge in [0, 0.05) is 35.3 Å². The van der Waals surface area contributed by atoms with E-state index in [1.807, 2.05) is 44.3 Å². The number of H-pyrrole nitrogens is 1. The smallest absolute Gasteiger partial charge is 0.237 e. The molecule has 0 saturated carbocycles. The summed E-state index contributed by atoms with van der Waals surface area (Å²) in [6.45, 7) is 2.37. The Kier molecular flexibility index (Phi) is 5.65. The molecule has 3 aromatic rings. The monoisotopic (exact) mass is 434 g/mol. The topological polar surface area (TPSA) is 111 Å². The van der Waals surface area contributed by atoms with E-state index >= 15 is 0 Å². The molecule has 0 aliphatic carbocycles. The molecular weight excluding hydrogens is 404 g/mol. The molecule has 0 spiro atoms. The Morgan fingerprint density at radius 2 is 1.97 bits per heavy atom. The predicted octanol–water partition coefficient (Wildman–Crippen LogP) is 2.95. The van der Waals surface area contributed by atoms with E-state index < -0.39 is 0 Å². The maximum Gasteiger partial charge on any atom is 0.237 e. The molecule has 1 unspecified atom stereocenters. The van der Waals surface area contributed by atoms with E-state index in [4.69, 9.17) is 9.97 Å². The van der Waals surface area contributed by atoms with Crippen molar-refractivity contribution >= 4 is 34.4 Å². The van der Waals surface area contributed by atoms with Gasteiger partial charge in [-0.05, 0) is 58.2 Å². The summed E-state index contributed by atoms with van der Waals surface area (Å²) >= 11 is 0. The molecule has 1 amide bonds. The van der Waals surface area contributed by atoms with E-state index in [1.165, 1.54) is 6.42 Å². The van der Waals surface area contributed by atoms with Crippen LogP contribution < -0.4 is 16.0 Å². The Hall–Kier alpha value is -3.20. The van der Waals surface area contributed by atoms with Gasteiger partial charge in [0.05, 0.1) is 12.1 Å². The summed E-state index contributed by atoms with van der Waals surface area (Å²) in [6, 6.07) is 10.7. The third kappa shape index (κ3) is 4.12. The number of aryl methyl sites for hydroxylation is 1. The summed E-state index contributed by atoms with van der Waals surface area (Å²) in [5.41, 5.74) is 1.86. The third-order valence-electron chi connectivity index (χ3n) is 6.48. The molecule has 2 aromatic heterocycles. The van der Waals surface area contributed by atoms with E-state index in [0.29, 0.717) is 12.5 Å². The number of benzene rings is 1. The number of carbonyl (C=O) groups is 1. The molecule has 3 atom stereocenters. The lowest BCUT2D eigenvalue weighted by Gasteiger charge is -2.49. The number of aromatic nitrogens is 4. The molecule has 1 aromatic carbocycles. The molecule has 9 nitrogen and oxygen atoms in total. The molecule has 5 rings (SSSR count). The second-order valence-corrected chi connectivity index (χ2v) is 8.86. The highest BCUT2D eigenvalue weighted by atomic mass is 16.2. The van der Waals surface area contributed by atoms with Crippen LogP contribution in [0.3, 0.4) is 0 Å². The minimum absolute atomic E-state index is 0.211. The number of carbonyl (C=O) groups excluding carboxylic acids is 1.